The van der Waals surface area contributed by atoms with E-state index in [1.165, 1.54) is 11.1 Å². The minimum Gasteiger partial charge on any atom is -0.493 e. The van der Waals surface area contributed by atoms with Gasteiger partial charge < -0.3 is 10.1 Å². The molecule has 0 saturated carbocycles. The summed E-state index contributed by atoms with van der Waals surface area (Å²) in [5.74, 6) is 0.984. The van der Waals surface area contributed by atoms with Gasteiger partial charge >= 0.3 is 0 Å². The predicted octanol–water partition coefficient (Wildman–Crippen LogP) is 3.48. The van der Waals surface area contributed by atoms with Crippen molar-refractivity contribution in [3.63, 3.8) is 0 Å². The second kappa shape index (κ2) is 5.99. The van der Waals surface area contributed by atoms with Gasteiger partial charge in [0, 0.05) is 24.6 Å². The summed E-state index contributed by atoms with van der Waals surface area (Å²) in [6.07, 6.45) is 0.979. The normalized spacial score (nSPS) is 16.7. The highest BCUT2D eigenvalue weighted by Gasteiger charge is 2.20. The van der Waals surface area contributed by atoms with Crippen molar-refractivity contribution in [2.45, 2.75) is 25.9 Å². The van der Waals surface area contributed by atoms with E-state index in [9.17, 15) is 0 Å². The van der Waals surface area contributed by atoms with E-state index in [1.807, 2.05) is 30.3 Å². The highest BCUT2D eigenvalue weighted by molar-refractivity contribution is 5.39. The molecule has 1 heterocycles. The van der Waals surface area contributed by atoms with E-state index in [1.54, 1.807) is 0 Å². The Bertz CT molecular complexity index is 688. The van der Waals surface area contributed by atoms with Crippen molar-refractivity contribution < 1.29 is 4.74 Å². The Morgan fingerprint density at radius 2 is 2.14 bits per heavy atom. The fourth-order valence-corrected chi connectivity index (χ4v) is 2.75. The lowest BCUT2D eigenvalue weighted by atomic mass is 9.99. The average Bonchev–Trinajstić information content (AvgIpc) is 2.53. The van der Waals surface area contributed by atoms with E-state index >= 15 is 0 Å². The van der Waals surface area contributed by atoms with Gasteiger partial charge in [-0.3, -0.25) is 0 Å². The summed E-state index contributed by atoms with van der Waals surface area (Å²) >= 11 is 0. The molecule has 0 aliphatic carbocycles. The number of nitriles is 1. The van der Waals surface area contributed by atoms with E-state index in [0.29, 0.717) is 11.6 Å². The number of rotatable bonds is 3. The Morgan fingerprint density at radius 1 is 1.29 bits per heavy atom. The van der Waals surface area contributed by atoms with Crippen LogP contribution in [0.3, 0.4) is 0 Å². The largest absolute Gasteiger partial charge is 0.493 e. The van der Waals surface area contributed by atoms with Crippen molar-refractivity contribution in [3.8, 4) is 11.8 Å². The average molecular weight is 278 g/mol. The third-order valence-corrected chi connectivity index (χ3v) is 3.97. The lowest BCUT2D eigenvalue weighted by molar-refractivity contribution is 0.252. The first-order chi connectivity index (χ1) is 10.3. The van der Waals surface area contributed by atoms with Gasteiger partial charge in [0.2, 0.25) is 0 Å². The van der Waals surface area contributed by atoms with Gasteiger partial charge in [0.05, 0.1) is 18.2 Å². The number of para-hydroxylation sites is 1. The van der Waals surface area contributed by atoms with Crippen LogP contribution in [0.4, 0.5) is 0 Å². The standard InChI is InChI=1S/C18H18N2O/c1-13-10-14(11-19)6-7-15(13)12-20-17-8-9-21-18-5-3-2-4-16(17)18/h2-7,10,17,20H,8-9,12H2,1H3. The third-order valence-electron chi connectivity index (χ3n) is 3.97. The number of benzene rings is 2. The first-order valence-corrected chi connectivity index (χ1v) is 7.22. The van der Waals surface area contributed by atoms with Crippen LogP contribution in [-0.2, 0) is 6.54 Å². The smallest absolute Gasteiger partial charge is 0.124 e. The summed E-state index contributed by atoms with van der Waals surface area (Å²) in [7, 11) is 0. The van der Waals surface area contributed by atoms with Gasteiger partial charge in [-0.05, 0) is 36.2 Å². The van der Waals surface area contributed by atoms with Gasteiger partial charge in [-0.2, -0.15) is 5.26 Å². The summed E-state index contributed by atoms with van der Waals surface area (Å²) in [6.45, 7) is 3.60. The van der Waals surface area contributed by atoms with Crippen LogP contribution in [0.1, 0.15) is 34.7 Å². The Morgan fingerprint density at radius 3 is 2.95 bits per heavy atom. The lowest BCUT2D eigenvalue weighted by Crippen LogP contribution is -2.26. The molecule has 0 bridgehead atoms. The molecule has 0 radical (unpaired) electrons. The van der Waals surface area contributed by atoms with Crippen LogP contribution in [0.2, 0.25) is 0 Å². The number of hydrogen-bond acceptors (Lipinski definition) is 3. The van der Waals surface area contributed by atoms with Gasteiger partial charge in [-0.15, -0.1) is 0 Å². The highest BCUT2D eigenvalue weighted by Crippen LogP contribution is 2.31. The third kappa shape index (κ3) is 2.91. The van der Waals surface area contributed by atoms with Gasteiger partial charge in [0.15, 0.2) is 0 Å². The van der Waals surface area contributed by atoms with Crippen LogP contribution in [0.25, 0.3) is 0 Å². The van der Waals surface area contributed by atoms with E-state index in [0.717, 1.165) is 30.9 Å². The van der Waals surface area contributed by atoms with E-state index in [-0.39, 0.29) is 0 Å². The maximum atomic E-state index is 8.92. The number of nitrogens with one attached hydrogen (secondary N) is 1. The molecule has 3 nitrogen and oxygen atoms in total. The van der Waals surface area contributed by atoms with Crippen LogP contribution in [0.15, 0.2) is 42.5 Å². The number of ether oxygens (including phenoxy) is 1. The zero-order chi connectivity index (χ0) is 14.7. The van der Waals surface area contributed by atoms with E-state index in [4.69, 9.17) is 10.00 Å². The Kier molecular flexibility index (Phi) is 3.89. The maximum absolute atomic E-state index is 8.92. The fourth-order valence-electron chi connectivity index (χ4n) is 2.75. The second-order valence-electron chi connectivity index (χ2n) is 5.36. The Balaban J connectivity index is 1.73. The van der Waals surface area contributed by atoms with Crippen molar-refractivity contribution in [3.05, 3.63) is 64.7 Å². The topological polar surface area (TPSA) is 45.0 Å². The molecule has 0 fully saturated rings. The quantitative estimate of drug-likeness (QED) is 0.935. The molecule has 2 aromatic rings. The molecular formula is C18H18N2O. The first kappa shape index (κ1) is 13.7. The molecule has 1 aliphatic rings. The second-order valence-corrected chi connectivity index (χ2v) is 5.36. The lowest BCUT2D eigenvalue weighted by Gasteiger charge is -2.27. The molecule has 3 heteroatoms. The highest BCUT2D eigenvalue weighted by atomic mass is 16.5. The van der Waals surface area contributed by atoms with Crippen molar-refractivity contribution in [1.29, 1.82) is 5.26 Å². The maximum Gasteiger partial charge on any atom is 0.124 e. The molecule has 1 atom stereocenters. The molecule has 2 aromatic carbocycles. The summed E-state index contributed by atoms with van der Waals surface area (Å²) in [6, 6.07) is 16.6. The predicted molar refractivity (Wildman–Crippen MR) is 82.0 cm³/mol. The summed E-state index contributed by atoms with van der Waals surface area (Å²) in [5, 5.41) is 12.5. The van der Waals surface area contributed by atoms with Gasteiger partial charge in [-0.25, -0.2) is 0 Å². The molecule has 0 amide bonds. The summed E-state index contributed by atoms with van der Waals surface area (Å²) in [5.41, 5.74) is 4.34. The van der Waals surface area contributed by atoms with Crippen LogP contribution < -0.4 is 10.1 Å². The minimum absolute atomic E-state index is 0.324. The summed E-state index contributed by atoms with van der Waals surface area (Å²) in [4.78, 5) is 0. The molecule has 1 unspecified atom stereocenters. The summed E-state index contributed by atoms with van der Waals surface area (Å²) < 4.78 is 5.68. The number of fused-ring (bicyclic) bond motifs is 1. The molecule has 0 saturated heterocycles. The fraction of sp³-hybridized carbons (Fsp3) is 0.278. The Labute approximate surface area is 125 Å². The van der Waals surface area contributed by atoms with Crippen molar-refractivity contribution in [1.82, 2.24) is 5.32 Å². The Hall–Kier alpha value is -2.31. The molecule has 1 aliphatic heterocycles. The van der Waals surface area contributed by atoms with Crippen LogP contribution in [-0.4, -0.2) is 6.61 Å². The number of aryl methyl sites for hydroxylation is 1. The SMILES string of the molecule is Cc1cc(C#N)ccc1CNC1CCOc2ccccc21. The van der Waals surface area contributed by atoms with Gasteiger partial charge in [0.25, 0.3) is 0 Å². The number of hydrogen-bond donors (Lipinski definition) is 1. The number of nitrogens with zero attached hydrogens (tertiary/aromatic N) is 1. The minimum atomic E-state index is 0.324. The van der Waals surface area contributed by atoms with E-state index in [2.05, 4.69) is 30.4 Å². The monoisotopic (exact) mass is 278 g/mol. The zero-order valence-electron chi connectivity index (χ0n) is 12.1. The molecule has 0 aromatic heterocycles. The van der Waals surface area contributed by atoms with Crippen molar-refractivity contribution >= 4 is 0 Å². The van der Waals surface area contributed by atoms with E-state index < -0.39 is 0 Å². The van der Waals surface area contributed by atoms with Gasteiger partial charge in [-0.1, -0.05) is 24.3 Å². The molecular weight excluding hydrogens is 260 g/mol. The molecule has 3 rings (SSSR count). The first-order valence-electron chi connectivity index (χ1n) is 7.22. The van der Waals surface area contributed by atoms with Crippen molar-refractivity contribution in [2.24, 2.45) is 0 Å². The molecule has 21 heavy (non-hydrogen) atoms. The van der Waals surface area contributed by atoms with Crippen LogP contribution in [0, 0.1) is 18.3 Å². The molecule has 106 valence electrons. The molecule has 1 N–H and O–H groups in total. The zero-order valence-corrected chi connectivity index (χ0v) is 12.1. The van der Waals surface area contributed by atoms with Crippen LogP contribution >= 0.6 is 0 Å². The van der Waals surface area contributed by atoms with Crippen molar-refractivity contribution in [2.75, 3.05) is 6.61 Å². The van der Waals surface area contributed by atoms with Crippen LogP contribution in [0.5, 0.6) is 5.75 Å². The molecule has 0 spiro atoms. The van der Waals surface area contributed by atoms with Gasteiger partial charge in [0.1, 0.15) is 5.75 Å².